The van der Waals surface area contributed by atoms with Crippen LogP contribution in [-0.4, -0.2) is 22.6 Å². The van der Waals surface area contributed by atoms with Crippen molar-refractivity contribution in [3.8, 4) is 28.4 Å². The predicted octanol–water partition coefficient (Wildman–Crippen LogP) is 5.74. The predicted molar refractivity (Wildman–Crippen MR) is 132 cm³/mol. The molecule has 1 N–H and O–H groups in total. The molecule has 0 aliphatic carbocycles. The first-order valence-corrected chi connectivity index (χ1v) is 11.3. The van der Waals surface area contributed by atoms with Crippen molar-refractivity contribution in [3.63, 3.8) is 0 Å². The van der Waals surface area contributed by atoms with Crippen molar-refractivity contribution >= 4 is 5.91 Å². The third-order valence-corrected chi connectivity index (χ3v) is 5.75. The first-order chi connectivity index (χ1) is 16.1. The van der Waals surface area contributed by atoms with Crippen molar-refractivity contribution in [2.75, 3.05) is 7.11 Å². The van der Waals surface area contributed by atoms with Crippen LogP contribution >= 0.6 is 0 Å². The molecule has 1 amide bonds. The Labute approximate surface area is 195 Å². The smallest absolute Gasteiger partial charge is 0.270 e. The molecule has 3 aromatic carbocycles. The average Bonchev–Trinajstić information content (AvgIpc) is 3.27. The van der Waals surface area contributed by atoms with Gasteiger partial charge in [-0.05, 0) is 36.6 Å². The van der Waals surface area contributed by atoms with E-state index in [0.29, 0.717) is 24.5 Å². The topological polar surface area (TPSA) is 56.2 Å². The van der Waals surface area contributed by atoms with Crippen molar-refractivity contribution in [2.45, 2.75) is 33.4 Å². The highest BCUT2D eigenvalue weighted by Gasteiger charge is 2.24. The lowest BCUT2D eigenvalue weighted by atomic mass is 10.1. The molecule has 168 valence electrons. The van der Waals surface area contributed by atoms with Crippen LogP contribution in [0, 0.1) is 0 Å². The Balaban J connectivity index is 1.75. The number of amides is 1. The Hall–Kier alpha value is -3.86. The molecule has 1 heterocycles. The van der Waals surface area contributed by atoms with E-state index in [1.165, 1.54) is 5.56 Å². The van der Waals surface area contributed by atoms with Crippen LogP contribution in [0.1, 0.15) is 35.5 Å². The molecule has 0 aliphatic heterocycles. The molecule has 0 radical (unpaired) electrons. The van der Waals surface area contributed by atoms with Gasteiger partial charge in [0.1, 0.15) is 23.0 Å². The molecule has 0 bridgehead atoms. The van der Waals surface area contributed by atoms with E-state index < -0.39 is 0 Å². The summed E-state index contributed by atoms with van der Waals surface area (Å²) in [6, 6.07) is 26.0. The second kappa shape index (κ2) is 10.2. The largest absolute Gasteiger partial charge is 0.497 e. The Bertz CT molecular complexity index is 1230. The van der Waals surface area contributed by atoms with Crippen LogP contribution in [0.25, 0.3) is 22.6 Å². The highest BCUT2D eigenvalue weighted by atomic mass is 16.5. The standard InChI is InChI=1S/C28H29N3O2/c1-4-20-14-16-22(17-15-20)25-26(28(32)29-19-21-10-9-13-24(18-21)33-3)31(5-2)27(30-25)23-11-7-6-8-12-23/h6-18H,4-5,19H2,1-3H3,(H,29,32). The van der Waals surface area contributed by atoms with E-state index >= 15 is 0 Å². The maximum atomic E-state index is 13.5. The summed E-state index contributed by atoms with van der Waals surface area (Å²) in [5.41, 5.74) is 5.41. The lowest BCUT2D eigenvalue weighted by Gasteiger charge is -2.12. The first kappa shape index (κ1) is 22.3. The molecular formula is C28H29N3O2. The summed E-state index contributed by atoms with van der Waals surface area (Å²) in [4.78, 5) is 18.5. The van der Waals surface area contributed by atoms with Crippen molar-refractivity contribution < 1.29 is 9.53 Å². The van der Waals surface area contributed by atoms with Crippen molar-refractivity contribution in [3.05, 3.63) is 95.7 Å². The molecular weight excluding hydrogens is 410 g/mol. The molecule has 0 saturated carbocycles. The number of imidazole rings is 1. The minimum absolute atomic E-state index is 0.149. The summed E-state index contributed by atoms with van der Waals surface area (Å²) in [5, 5.41) is 3.08. The second-order valence-electron chi connectivity index (χ2n) is 7.83. The van der Waals surface area contributed by atoms with Gasteiger partial charge in [-0.15, -0.1) is 0 Å². The number of carbonyl (C=O) groups excluding carboxylic acids is 1. The van der Waals surface area contributed by atoms with Crippen LogP contribution in [0.3, 0.4) is 0 Å². The first-order valence-electron chi connectivity index (χ1n) is 11.3. The zero-order chi connectivity index (χ0) is 23.2. The van der Waals surface area contributed by atoms with E-state index in [9.17, 15) is 4.79 Å². The van der Waals surface area contributed by atoms with E-state index in [2.05, 4.69) is 36.5 Å². The highest BCUT2D eigenvalue weighted by Crippen LogP contribution is 2.30. The molecule has 5 nitrogen and oxygen atoms in total. The number of rotatable bonds is 8. The molecule has 0 aliphatic rings. The van der Waals surface area contributed by atoms with Crippen LogP contribution in [0.5, 0.6) is 5.75 Å². The van der Waals surface area contributed by atoms with Crippen molar-refractivity contribution in [1.82, 2.24) is 14.9 Å². The fourth-order valence-corrected chi connectivity index (χ4v) is 3.95. The summed E-state index contributed by atoms with van der Waals surface area (Å²) in [6.07, 6.45) is 0.965. The maximum Gasteiger partial charge on any atom is 0.270 e. The molecule has 4 rings (SSSR count). The summed E-state index contributed by atoms with van der Waals surface area (Å²) in [6.45, 7) is 5.20. The fraction of sp³-hybridized carbons (Fsp3) is 0.214. The van der Waals surface area contributed by atoms with Gasteiger partial charge in [0.15, 0.2) is 0 Å². The number of carbonyl (C=O) groups is 1. The summed E-state index contributed by atoms with van der Waals surface area (Å²) >= 11 is 0. The minimum atomic E-state index is -0.149. The lowest BCUT2D eigenvalue weighted by molar-refractivity contribution is 0.0942. The number of nitrogens with zero attached hydrogens (tertiary/aromatic N) is 2. The van der Waals surface area contributed by atoms with Crippen LogP contribution < -0.4 is 10.1 Å². The molecule has 5 heteroatoms. The molecule has 0 atom stereocenters. The molecule has 0 unspecified atom stereocenters. The van der Waals surface area contributed by atoms with Gasteiger partial charge in [-0.2, -0.15) is 0 Å². The third kappa shape index (κ3) is 4.82. The van der Waals surface area contributed by atoms with Gasteiger partial charge in [-0.25, -0.2) is 4.98 Å². The summed E-state index contributed by atoms with van der Waals surface area (Å²) in [5.74, 6) is 1.41. The van der Waals surface area contributed by atoms with Crippen LogP contribution in [-0.2, 0) is 19.5 Å². The molecule has 1 aromatic heterocycles. The SMILES string of the molecule is CCc1ccc(-c2nc(-c3ccccc3)n(CC)c2C(=O)NCc2cccc(OC)c2)cc1. The molecule has 0 fully saturated rings. The van der Waals surface area contributed by atoms with E-state index in [1.54, 1.807) is 7.11 Å². The van der Waals surface area contributed by atoms with Gasteiger partial charge in [0.05, 0.1) is 7.11 Å². The monoisotopic (exact) mass is 439 g/mol. The van der Waals surface area contributed by atoms with E-state index in [-0.39, 0.29) is 5.91 Å². The van der Waals surface area contributed by atoms with E-state index in [1.807, 2.05) is 66.1 Å². The zero-order valence-corrected chi connectivity index (χ0v) is 19.3. The quantitative estimate of drug-likeness (QED) is 0.381. The second-order valence-corrected chi connectivity index (χ2v) is 7.83. The molecule has 0 saturated heterocycles. The summed E-state index contributed by atoms with van der Waals surface area (Å²) in [7, 11) is 1.64. The third-order valence-electron chi connectivity index (χ3n) is 5.75. The normalized spacial score (nSPS) is 10.8. The number of methoxy groups -OCH3 is 1. The lowest BCUT2D eigenvalue weighted by Crippen LogP contribution is -2.26. The van der Waals surface area contributed by atoms with Gasteiger partial charge in [-0.3, -0.25) is 4.79 Å². The number of benzene rings is 3. The summed E-state index contributed by atoms with van der Waals surface area (Å²) < 4.78 is 7.30. The Morgan fingerprint density at radius 3 is 2.33 bits per heavy atom. The van der Waals surface area contributed by atoms with E-state index in [0.717, 1.165) is 34.7 Å². The van der Waals surface area contributed by atoms with Gasteiger partial charge in [0, 0.05) is 24.2 Å². The fourth-order valence-electron chi connectivity index (χ4n) is 3.95. The molecule has 33 heavy (non-hydrogen) atoms. The van der Waals surface area contributed by atoms with Gasteiger partial charge in [-0.1, -0.05) is 73.7 Å². The van der Waals surface area contributed by atoms with E-state index in [4.69, 9.17) is 9.72 Å². The number of ether oxygens (including phenoxy) is 1. The number of nitrogens with one attached hydrogen (secondary N) is 1. The van der Waals surface area contributed by atoms with Crippen molar-refractivity contribution in [1.29, 1.82) is 0 Å². The number of aryl methyl sites for hydroxylation is 1. The Morgan fingerprint density at radius 1 is 0.909 bits per heavy atom. The number of hydrogen-bond acceptors (Lipinski definition) is 3. The highest BCUT2D eigenvalue weighted by molar-refractivity contribution is 5.99. The molecule has 0 spiro atoms. The van der Waals surface area contributed by atoms with Gasteiger partial charge in [0.25, 0.3) is 5.91 Å². The average molecular weight is 440 g/mol. The number of hydrogen-bond donors (Lipinski definition) is 1. The molecule has 4 aromatic rings. The van der Waals surface area contributed by atoms with Crippen LogP contribution in [0.15, 0.2) is 78.9 Å². The van der Waals surface area contributed by atoms with Gasteiger partial charge in [0.2, 0.25) is 0 Å². The number of aromatic nitrogens is 2. The minimum Gasteiger partial charge on any atom is -0.497 e. The van der Waals surface area contributed by atoms with Crippen molar-refractivity contribution in [2.24, 2.45) is 0 Å². The Morgan fingerprint density at radius 2 is 1.67 bits per heavy atom. The van der Waals surface area contributed by atoms with Crippen LogP contribution in [0.4, 0.5) is 0 Å². The van der Waals surface area contributed by atoms with Gasteiger partial charge < -0.3 is 14.6 Å². The Kier molecular flexibility index (Phi) is 6.89. The van der Waals surface area contributed by atoms with Gasteiger partial charge >= 0.3 is 0 Å². The maximum absolute atomic E-state index is 13.5. The van der Waals surface area contributed by atoms with Crippen LogP contribution in [0.2, 0.25) is 0 Å². The zero-order valence-electron chi connectivity index (χ0n) is 19.3.